The first kappa shape index (κ1) is 10.0. The van der Waals surface area contributed by atoms with Crippen molar-refractivity contribution in [2.45, 2.75) is 26.2 Å². The third-order valence-electron chi connectivity index (χ3n) is 2.97. The monoisotopic (exact) mass is 199 g/mol. The van der Waals surface area contributed by atoms with E-state index in [0.717, 1.165) is 24.9 Å². The van der Waals surface area contributed by atoms with Crippen LogP contribution in [0.15, 0.2) is 36.4 Å². The minimum Gasteiger partial charge on any atom is -0.399 e. The van der Waals surface area contributed by atoms with E-state index in [0.29, 0.717) is 0 Å². The summed E-state index contributed by atoms with van der Waals surface area (Å²) in [7, 11) is 0. The van der Waals surface area contributed by atoms with E-state index >= 15 is 0 Å². The molecule has 0 fully saturated rings. The van der Waals surface area contributed by atoms with Gasteiger partial charge in [0.05, 0.1) is 0 Å². The molecular weight excluding hydrogens is 182 g/mol. The molecule has 0 unspecified atom stereocenters. The zero-order valence-electron chi connectivity index (χ0n) is 9.22. The molecule has 1 aliphatic carbocycles. The van der Waals surface area contributed by atoms with Crippen molar-refractivity contribution in [3.63, 3.8) is 0 Å². The van der Waals surface area contributed by atoms with Crippen molar-refractivity contribution in [2.24, 2.45) is 0 Å². The summed E-state index contributed by atoms with van der Waals surface area (Å²) in [5, 5.41) is 0. The highest BCUT2D eigenvalue weighted by Crippen LogP contribution is 2.34. The van der Waals surface area contributed by atoms with Crippen LogP contribution in [0.2, 0.25) is 0 Å². The van der Waals surface area contributed by atoms with Crippen LogP contribution >= 0.6 is 0 Å². The lowest BCUT2D eigenvalue weighted by Crippen LogP contribution is -1.87. The Morgan fingerprint density at radius 1 is 1.47 bits per heavy atom. The molecule has 0 heterocycles. The predicted octanol–water partition coefficient (Wildman–Crippen LogP) is 3.56. The maximum atomic E-state index is 5.77. The second-order valence-electron chi connectivity index (χ2n) is 4.10. The fraction of sp³-hybridized carbons (Fsp3) is 0.286. The first-order chi connectivity index (χ1) is 7.20. The van der Waals surface area contributed by atoms with Crippen molar-refractivity contribution in [3.05, 3.63) is 47.6 Å². The SMILES string of the molecule is C=C(C=C1CCc2cc(N)ccc21)CC. The highest BCUT2D eigenvalue weighted by molar-refractivity contribution is 5.75. The molecule has 0 aromatic heterocycles. The molecule has 0 spiro atoms. The third-order valence-corrected chi connectivity index (χ3v) is 2.97. The van der Waals surface area contributed by atoms with Crippen LogP contribution in [0.4, 0.5) is 5.69 Å². The first-order valence-electron chi connectivity index (χ1n) is 5.48. The quantitative estimate of drug-likeness (QED) is 0.724. The van der Waals surface area contributed by atoms with Crippen molar-refractivity contribution >= 4 is 11.3 Å². The van der Waals surface area contributed by atoms with Gasteiger partial charge in [-0.15, -0.1) is 0 Å². The number of hydrogen-bond acceptors (Lipinski definition) is 1. The highest BCUT2D eigenvalue weighted by Gasteiger charge is 2.15. The second kappa shape index (κ2) is 3.93. The Morgan fingerprint density at radius 2 is 2.27 bits per heavy atom. The Balaban J connectivity index is 2.37. The van der Waals surface area contributed by atoms with Gasteiger partial charge in [-0.1, -0.05) is 31.2 Å². The standard InChI is InChI=1S/C14H17N/c1-3-10(2)8-11-4-5-12-9-13(15)6-7-14(11)12/h6-9H,2-5,15H2,1H3. The van der Waals surface area contributed by atoms with Crippen molar-refractivity contribution in [2.75, 3.05) is 5.73 Å². The third kappa shape index (κ3) is 1.96. The Labute approximate surface area is 91.3 Å². The van der Waals surface area contributed by atoms with E-state index in [4.69, 9.17) is 5.73 Å². The summed E-state index contributed by atoms with van der Waals surface area (Å²) < 4.78 is 0. The Kier molecular flexibility index (Phi) is 2.63. The first-order valence-corrected chi connectivity index (χ1v) is 5.48. The predicted molar refractivity (Wildman–Crippen MR) is 66.6 cm³/mol. The van der Waals surface area contributed by atoms with Crippen LogP contribution in [-0.4, -0.2) is 0 Å². The minimum atomic E-state index is 0.865. The molecule has 1 heteroatoms. The van der Waals surface area contributed by atoms with E-state index in [1.807, 2.05) is 6.07 Å². The van der Waals surface area contributed by atoms with Crippen LogP contribution in [0.5, 0.6) is 0 Å². The highest BCUT2D eigenvalue weighted by atomic mass is 14.5. The molecule has 0 aliphatic heterocycles. The Hall–Kier alpha value is -1.50. The Bertz CT molecular complexity index is 427. The van der Waals surface area contributed by atoms with Crippen molar-refractivity contribution in [1.82, 2.24) is 0 Å². The van der Waals surface area contributed by atoms with Gasteiger partial charge < -0.3 is 5.73 Å². The number of benzene rings is 1. The minimum absolute atomic E-state index is 0.865. The summed E-state index contributed by atoms with van der Waals surface area (Å²) in [5.74, 6) is 0. The molecule has 78 valence electrons. The van der Waals surface area contributed by atoms with Crippen molar-refractivity contribution in [3.8, 4) is 0 Å². The number of allylic oxidation sites excluding steroid dienone is 3. The number of rotatable bonds is 2. The summed E-state index contributed by atoms with van der Waals surface area (Å²) in [4.78, 5) is 0. The number of anilines is 1. The van der Waals surface area contributed by atoms with Gasteiger partial charge in [0.1, 0.15) is 0 Å². The maximum absolute atomic E-state index is 5.77. The molecule has 0 amide bonds. The van der Waals surface area contributed by atoms with Gasteiger partial charge in [0.15, 0.2) is 0 Å². The van der Waals surface area contributed by atoms with Crippen LogP contribution in [-0.2, 0) is 6.42 Å². The van der Waals surface area contributed by atoms with E-state index < -0.39 is 0 Å². The van der Waals surface area contributed by atoms with Crippen molar-refractivity contribution in [1.29, 1.82) is 0 Å². The lowest BCUT2D eigenvalue weighted by atomic mass is 10.0. The molecular formula is C14H17N. The zero-order valence-corrected chi connectivity index (χ0v) is 9.22. The van der Waals surface area contributed by atoms with E-state index in [2.05, 4.69) is 31.7 Å². The number of nitrogens with two attached hydrogens (primary N) is 1. The summed E-state index contributed by atoms with van der Waals surface area (Å²) in [5.41, 5.74) is 12.0. The molecule has 1 nitrogen and oxygen atoms in total. The Morgan fingerprint density at radius 3 is 3.00 bits per heavy atom. The van der Waals surface area contributed by atoms with Gasteiger partial charge in [-0.3, -0.25) is 0 Å². The number of nitrogen functional groups attached to an aromatic ring is 1. The summed E-state index contributed by atoms with van der Waals surface area (Å²) in [6, 6.07) is 6.20. The van der Waals surface area contributed by atoms with Crippen LogP contribution in [0.1, 0.15) is 30.9 Å². The smallest absolute Gasteiger partial charge is 0.0317 e. The normalized spacial score (nSPS) is 16.7. The van der Waals surface area contributed by atoms with E-state index in [1.54, 1.807) is 0 Å². The average molecular weight is 199 g/mol. The second-order valence-corrected chi connectivity index (χ2v) is 4.10. The molecule has 1 aromatic rings. The molecule has 0 radical (unpaired) electrons. The summed E-state index contributed by atoms with van der Waals surface area (Å²) >= 11 is 0. The van der Waals surface area contributed by atoms with Gasteiger partial charge in [-0.25, -0.2) is 0 Å². The number of hydrogen-bond donors (Lipinski definition) is 1. The lowest BCUT2D eigenvalue weighted by molar-refractivity contribution is 1.08. The van der Waals surface area contributed by atoms with Crippen LogP contribution in [0, 0.1) is 0 Å². The van der Waals surface area contributed by atoms with Crippen LogP contribution in [0.3, 0.4) is 0 Å². The molecule has 2 N–H and O–H groups in total. The fourth-order valence-electron chi connectivity index (χ4n) is 2.04. The van der Waals surface area contributed by atoms with Crippen molar-refractivity contribution < 1.29 is 0 Å². The summed E-state index contributed by atoms with van der Waals surface area (Å²) in [6.45, 7) is 6.16. The van der Waals surface area contributed by atoms with Gasteiger partial charge in [0.25, 0.3) is 0 Å². The van der Waals surface area contributed by atoms with Gasteiger partial charge in [0, 0.05) is 5.69 Å². The van der Waals surface area contributed by atoms with E-state index in [-0.39, 0.29) is 0 Å². The van der Waals surface area contributed by atoms with Gasteiger partial charge >= 0.3 is 0 Å². The fourth-order valence-corrected chi connectivity index (χ4v) is 2.04. The number of fused-ring (bicyclic) bond motifs is 1. The molecule has 0 saturated carbocycles. The van der Waals surface area contributed by atoms with Gasteiger partial charge in [-0.2, -0.15) is 0 Å². The van der Waals surface area contributed by atoms with E-state index in [1.165, 1.54) is 22.3 Å². The van der Waals surface area contributed by atoms with Crippen LogP contribution in [0.25, 0.3) is 5.57 Å². The molecule has 15 heavy (non-hydrogen) atoms. The van der Waals surface area contributed by atoms with Crippen LogP contribution < -0.4 is 5.73 Å². The number of aryl methyl sites for hydroxylation is 1. The zero-order chi connectivity index (χ0) is 10.8. The lowest BCUT2D eigenvalue weighted by Gasteiger charge is -2.03. The average Bonchev–Trinajstić information content (AvgIpc) is 2.60. The molecule has 0 bridgehead atoms. The summed E-state index contributed by atoms with van der Waals surface area (Å²) in [6.07, 6.45) is 5.48. The maximum Gasteiger partial charge on any atom is 0.0317 e. The molecule has 1 aliphatic rings. The van der Waals surface area contributed by atoms with Gasteiger partial charge in [-0.05, 0) is 48.1 Å². The molecule has 0 atom stereocenters. The topological polar surface area (TPSA) is 26.0 Å². The molecule has 2 rings (SSSR count). The van der Waals surface area contributed by atoms with E-state index in [9.17, 15) is 0 Å². The molecule has 0 saturated heterocycles. The largest absolute Gasteiger partial charge is 0.399 e. The van der Waals surface area contributed by atoms with Gasteiger partial charge in [0.2, 0.25) is 0 Å². The molecule has 1 aromatic carbocycles.